The molecule has 0 aromatic heterocycles. The van der Waals surface area contributed by atoms with Crippen molar-refractivity contribution in [3.05, 3.63) is 86.9 Å². The van der Waals surface area contributed by atoms with Gasteiger partial charge in [-0.05, 0) is 69.7 Å². The molecule has 2 N–H and O–H groups in total. The maximum absolute atomic E-state index is 12.2. The van der Waals surface area contributed by atoms with E-state index >= 15 is 0 Å². The lowest BCUT2D eigenvalue weighted by Crippen LogP contribution is -2.17. The molecule has 37 heavy (non-hydrogen) atoms. The zero-order chi connectivity index (χ0) is 27.4. The lowest BCUT2D eigenvalue weighted by Gasteiger charge is -2.15. The van der Waals surface area contributed by atoms with E-state index < -0.39 is 12.1 Å². The second kappa shape index (κ2) is 15.3. The number of hydrogen-bond acceptors (Lipinski definition) is 6. The van der Waals surface area contributed by atoms with E-state index in [-0.39, 0.29) is 12.9 Å². The largest absolute Gasteiger partial charge is 0.447 e. The molecule has 0 aliphatic heterocycles. The summed E-state index contributed by atoms with van der Waals surface area (Å²) in [5.41, 5.74) is 3.00. The minimum absolute atomic E-state index is 0.0877. The molecule has 0 spiro atoms. The Balaban J connectivity index is 0.000000294. The summed E-state index contributed by atoms with van der Waals surface area (Å²) in [6, 6.07) is 17.4. The number of esters is 1. The number of benzene rings is 3. The third-order valence-corrected chi connectivity index (χ3v) is 5.62. The summed E-state index contributed by atoms with van der Waals surface area (Å²) in [6.45, 7) is 7.67. The highest BCUT2D eigenvalue weighted by molar-refractivity contribution is 6.39. The van der Waals surface area contributed by atoms with Gasteiger partial charge in [-0.2, -0.15) is 0 Å². The first-order valence-corrected chi connectivity index (χ1v) is 12.5. The molecule has 0 aliphatic rings. The second-order valence-electron chi connectivity index (χ2n) is 7.86. The predicted octanol–water partition coefficient (Wildman–Crippen LogP) is 8.49. The molecule has 1 amide bonds. The first kappa shape index (κ1) is 30.3. The number of rotatable bonds is 8. The van der Waals surface area contributed by atoms with Crippen molar-refractivity contribution in [2.75, 3.05) is 24.0 Å². The van der Waals surface area contributed by atoms with Crippen LogP contribution in [-0.2, 0) is 14.2 Å². The number of ether oxygens (including phenoxy) is 3. The fraction of sp³-hybridized carbons (Fsp3) is 0.259. The van der Waals surface area contributed by atoms with Gasteiger partial charge in [0.2, 0.25) is 0 Å². The topological polar surface area (TPSA) is 85.9 Å². The third-order valence-electron chi connectivity index (χ3n) is 4.58. The Kier molecular flexibility index (Phi) is 12.5. The summed E-state index contributed by atoms with van der Waals surface area (Å²) in [4.78, 5) is 23.3. The number of hydrogen-bond donors (Lipinski definition) is 2. The van der Waals surface area contributed by atoms with Crippen molar-refractivity contribution in [2.24, 2.45) is 0 Å². The number of nitrogens with one attached hydrogen (secondary N) is 2. The summed E-state index contributed by atoms with van der Waals surface area (Å²) >= 11 is 18.2. The lowest BCUT2D eigenvalue weighted by atomic mass is 10.1. The maximum atomic E-state index is 12.2. The normalized spacial score (nSPS) is 10.3. The summed E-state index contributed by atoms with van der Waals surface area (Å²) in [6.07, 6.45) is -0.601. The molecule has 3 aromatic rings. The molecule has 0 saturated heterocycles. The second-order valence-corrected chi connectivity index (χ2v) is 9.08. The Morgan fingerprint density at radius 3 is 2.38 bits per heavy atom. The summed E-state index contributed by atoms with van der Waals surface area (Å²) in [5, 5.41) is 7.24. The first-order chi connectivity index (χ1) is 17.6. The van der Waals surface area contributed by atoms with Crippen LogP contribution in [0, 0.1) is 6.92 Å². The zero-order valence-corrected chi connectivity index (χ0v) is 23.2. The lowest BCUT2D eigenvalue weighted by molar-refractivity contribution is -0.0273. The summed E-state index contributed by atoms with van der Waals surface area (Å²) in [7, 11) is 0. The van der Waals surface area contributed by atoms with Crippen LogP contribution in [0.2, 0.25) is 15.1 Å². The number of carbonyl (C=O) groups excluding carboxylic acids is 2. The molecule has 0 bridgehead atoms. The molecule has 0 fully saturated rings. The molecule has 0 atom stereocenters. The van der Waals surface area contributed by atoms with Gasteiger partial charge in [-0.3, -0.25) is 5.32 Å². The van der Waals surface area contributed by atoms with Gasteiger partial charge in [0.05, 0.1) is 33.1 Å². The van der Waals surface area contributed by atoms with Crippen molar-refractivity contribution in [3.8, 4) is 0 Å². The molecule has 0 heterocycles. The van der Waals surface area contributed by atoms with E-state index in [4.69, 9.17) is 49.0 Å². The van der Waals surface area contributed by atoms with E-state index in [0.29, 0.717) is 44.3 Å². The molecule has 10 heteroatoms. The maximum Gasteiger partial charge on any atom is 0.411 e. The molecular formula is C27H29Cl3N2O5. The van der Waals surface area contributed by atoms with Crippen molar-refractivity contribution in [2.45, 2.75) is 33.8 Å². The van der Waals surface area contributed by atoms with Crippen molar-refractivity contribution in [1.82, 2.24) is 0 Å². The van der Waals surface area contributed by atoms with Gasteiger partial charge in [0.25, 0.3) is 0 Å². The zero-order valence-electron chi connectivity index (χ0n) is 20.9. The quantitative estimate of drug-likeness (QED) is 0.161. The van der Waals surface area contributed by atoms with E-state index in [1.54, 1.807) is 68.4 Å². The van der Waals surface area contributed by atoms with Crippen molar-refractivity contribution >= 4 is 63.9 Å². The smallest absolute Gasteiger partial charge is 0.411 e. The Morgan fingerprint density at radius 1 is 0.973 bits per heavy atom. The van der Waals surface area contributed by atoms with Crippen LogP contribution >= 0.6 is 34.8 Å². The fourth-order valence-corrected chi connectivity index (χ4v) is 3.52. The predicted molar refractivity (Wildman–Crippen MR) is 150 cm³/mol. The number of amides is 1. The molecule has 7 nitrogen and oxygen atoms in total. The number of carbonyl (C=O) groups is 2. The van der Waals surface area contributed by atoms with Crippen LogP contribution in [0.15, 0.2) is 60.7 Å². The Morgan fingerprint density at radius 2 is 1.70 bits per heavy atom. The minimum Gasteiger partial charge on any atom is -0.447 e. The van der Waals surface area contributed by atoms with E-state index in [9.17, 15) is 9.59 Å². The van der Waals surface area contributed by atoms with Gasteiger partial charge < -0.3 is 19.5 Å². The Hall–Kier alpha value is -2.97. The molecule has 0 radical (unpaired) electrons. The number of anilines is 3. The van der Waals surface area contributed by atoms with Gasteiger partial charge in [-0.25, -0.2) is 9.59 Å². The van der Waals surface area contributed by atoms with Crippen molar-refractivity contribution in [3.63, 3.8) is 0 Å². The van der Waals surface area contributed by atoms with Crippen LogP contribution in [-0.4, -0.2) is 31.6 Å². The van der Waals surface area contributed by atoms with Gasteiger partial charge in [-0.15, -0.1) is 0 Å². The monoisotopic (exact) mass is 566 g/mol. The van der Waals surface area contributed by atoms with E-state index in [1.807, 2.05) is 19.9 Å². The van der Waals surface area contributed by atoms with Gasteiger partial charge in [-0.1, -0.05) is 59.1 Å². The van der Waals surface area contributed by atoms with Crippen molar-refractivity contribution in [1.29, 1.82) is 0 Å². The van der Waals surface area contributed by atoms with Gasteiger partial charge >= 0.3 is 12.1 Å². The average molecular weight is 568 g/mol. The number of aryl methyl sites for hydroxylation is 1. The number of halogens is 3. The molecule has 3 rings (SSSR count). The minimum atomic E-state index is -0.485. The Labute approximate surface area is 232 Å². The van der Waals surface area contributed by atoms with E-state index in [1.165, 1.54) is 0 Å². The van der Waals surface area contributed by atoms with Crippen LogP contribution < -0.4 is 10.6 Å². The highest BCUT2D eigenvalue weighted by Crippen LogP contribution is 2.36. The Bertz CT molecular complexity index is 1200. The third kappa shape index (κ3) is 10.1. The summed E-state index contributed by atoms with van der Waals surface area (Å²) in [5.74, 6) is -0.485. The molecule has 3 aromatic carbocycles. The van der Waals surface area contributed by atoms with Crippen LogP contribution in [0.25, 0.3) is 0 Å². The van der Waals surface area contributed by atoms with Crippen LogP contribution in [0.1, 0.15) is 36.7 Å². The summed E-state index contributed by atoms with van der Waals surface area (Å²) < 4.78 is 15.0. The van der Waals surface area contributed by atoms with E-state index in [2.05, 4.69) is 10.6 Å². The highest BCUT2D eigenvalue weighted by atomic mass is 35.5. The van der Waals surface area contributed by atoms with Gasteiger partial charge in [0.15, 0.2) is 6.79 Å². The van der Waals surface area contributed by atoms with Crippen LogP contribution in [0.4, 0.5) is 21.9 Å². The fourth-order valence-electron chi connectivity index (χ4n) is 2.86. The first-order valence-electron chi connectivity index (χ1n) is 11.4. The highest BCUT2D eigenvalue weighted by Gasteiger charge is 2.15. The average Bonchev–Trinajstić information content (AvgIpc) is 2.84. The van der Waals surface area contributed by atoms with Crippen molar-refractivity contribution < 1.29 is 23.8 Å². The molecular weight excluding hydrogens is 539 g/mol. The van der Waals surface area contributed by atoms with E-state index in [0.717, 1.165) is 5.56 Å². The SMILES string of the molecule is CC(C)OC(=O)Nc1cccc(Cl)c1.CCOCOC(=O)c1ccccc1Nc1c(Cl)ccc(C)c1Cl. The molecule has 0 aliphatic carbocycles. The molecule has 198 valence electrons. The molecule has 0 saturated carbocycles. The van der Waals surface area contributed by atoms with Crippen LogP contribution in [0.3, 0.4) is 0 Å². The molecule has 0 unspecified atom stereocenters. The van der Waals surface area contributed by atoms with Gasteiger partial charge in [0, 0.05) is 17.3 Å². The van der Waals surface area contributed by atoms with Crippen LogP contribution in [0.5, 0.6) is 0 Å². The number of para-hydroxylation sites is 1. The standard InChI is InChI=1S/C17H17Cl2NO3.C10H12ClNO2/c1-3-22-10-23-17(21)12-6-4-5-7-14(12)20-16-13(18)9-8-11(2)15(16)19;1-7(2)14-10(13)12-9-5-3-4-8(11)6-9/h4-9,20H,3,10H2,1-2H3;3-7H,1-2H3,(H,12,13). The van der Waals surface area contributed by atoms with Gasteiger partial charge in [0.1, 0.15) is 0 Å².